The van der Waals surface area contributed by atoms with Gasteiger partial charge in [0.1, 0.15) is 0 Å². The van der Waals surface area contributed by atoms with Gasteiger partial charge in [0, 0.05) is 25.4 Å². The van der Waals surface area contributed by atoms with Crippen molar-refractivity contribution in [3.63, 3.8) is 0 Å². The molecule has 0 spiro atoms. The predicted octanol–water partition coefficient (Wildman–Crippen LogP) is 1.56. The number of hydrogen-bond acceptors (Lipinski definition) is 4. The Labute approximate surface area is 119 Å². The van der Waals surface area contributed by atoms with E-state index in [1.165, 1.54) is 19.3 Å². The Morgan fingerprint density at radius 2 is 2.30 bits per heavy atom. The number of fused-ring (bicyclic) bond motifs is 1. The van der Waals surface area contributed by atoms with Crippen LogP contribution in [0.15, 0.2) is 0 Å². The summed E-state index contributed by atoms with van der Waals surface area (Å²) in [5.74, 6) is 1.69. The van der Waals surface area contributed by atoms with E-state index in [9.17, 15) is 4.79 Å². The maximum absolute atomic E-state index is 12.5. The molecular weight excluding hydrogens is 254 g/mol. The minimum atomic E-state index is 0.282. The van der Waals surface area contributed by atoms with Crippen molar-refractivity contribution in [3.8, 4) is 0 Å². The topological polar surface area (TPSA) is 74.8 Å². The van der Waals surface area contributed by atoms with Gasteiger partial charge < -0.3 is 4.90 Å². The summed E-state index contributed by atoms with van der Waals surface area (Å²) < 4.78 is 0. The molecule has 6 heteroatoms. The molecule has 110 valence electrons. The number of nitrogens with zero attached hydrogens (tertiary/aromatic N) is 4. The van der Waals surface area contributed by atoms with Crippen LogP contribution in [0.4, 0.5) is 0 Å². The fourth-order valence-corrected chi connectivity index (χ4v) is 4.00. The van der Waals surface area contributed by atoms with Crippen molar-refractivity contribution in [2.45, 2.75) is 58.4 Å². The van der Waals surface area contributed by atoms with E-state index < -0.39 is 0 Å². The molecule has 1 amide bonds. The van der Waals surface area contributed by atoms with Gasteiger partial charge in [0.05, 0.1) is 0 Å². The first-order chi connectivity index (χ1) is 9.58. The molecule has 1 saturated heterocycles. The summed E-state index contributed by atoms with van der Waals surface area (Å²) in [5.41, 5.74) is 0.282. The molecule has 3 rings (SSSR count). The third-order valence-electron chi connectivity index (χ3n) is 4.96. The molecule has 2 fully saturated rings. The molecule has 1 N–H and O–H groups in total. The second kappa shape index (κ2) is 5.14. The first kappa shape index (κ1) is 13.5. The average molecular weight is 277 g/mol. The van der Waals surface area contributed by atoms with Crippen molar-refractivity contribution in [1.82, 2.24) is 25.5 Å². The van der Waals surface area contributed by atoms with Crippen molar-refractivity contribution < 1.29 is 4.79 Å². The number of tetrazole rings is 1. The minimum absolute atomic E-state index is 0.282. The highest BCUT2D eigenvalue weighted by atomic mass is 16.2. The monoisotopic (exact) mass is 277 g/mol. The standard InChI is InChI=1S/C14H23N5O/c1-14(2)9-19(11-6-3-5-10(11)14)13(20)8-4-7-12-15-17-18-16-12/h10-11H,3-9H2,1-2H3,(H,15,16,17,18)/t10-,11+/m0/s1. The third kappa shape index (κ3) is 2.43. The summed E-state index contributed by atoms with van der Waals surface area (Å²) >= 11 is 0. The lowest BCUT2D eigenvalue weighted by atomic mass is 9.80. The molecule has 1 aliphatic carbocycles. The molecule has 2 atom stereocenters. The Morgan fingerprint density at radius 1 is 1.45 bits per heavy atom. The average Bonchev–Trinajstić information content (AvgIpc) is 3.09. The fraction of sp³-hybridized carbons (Fsp3) is 0.857. The van der Waals surface area contributed by atoms with Gasteiger partial charge in [-0.1, -0.05) is 25.5 Å². The van der Waals surface area contributed by atoms with Gasteiger partial charge in [-0.2, -0.15) is 5.21 Å². The van der Waals surface area contributed by atoms with Crippen LogP contribution in [0.1, 0.15) is 51.8 Å². The lowest BCUT2D eigenvalue weighted by Gasteiger charge is -2.24. The molecular formula is C14H23N5O. The molecule has 1 aliphatic heterocycles. The zero-order valence-electron chi connectivity index (χ0n) is 12.3. The van der Waals surface area contributed by atoms with E-state index in [-0.39, 0.29) is 5.41 Å². The van der Waals surface area contributed by atoms with Crippen LogP contribution in [0.5, 0.6) is 0 Å². The van der Waals surface area contributed by atoms with Gasteiger partial charge >= 0.3 is 0 Å². The highest BCUT2D eigenvalue weighted by Crippen LogP contribution is 2.48. The van der Waals surface area contributed by atoms with E-state index in [0.29, 0.717) is 36.5 Å². The maximum atomic E-state index is 12.5. The van der Waals surface area contributed by atoms with Gasteiger partial charge in [-0.3, -0.25) is 4.79 Å². The van der Waals surface area contributed by atoms with Crippen LogP contribution >= 0.6 is 0 Å². The Morgan fingerprint density at radius 3 is 3.05 bits per heavy atom. The SMILES string of the molecule is CC1(C)CN(C(=O)CCCc2nn[nH]n2)[C@@H]2CCC[C@@H]21. The highest BCUT2D eigenvalue weighted by molar-refractivity contribution is 5.77. The summed E-state index contributed by atoms with van der Waals surface area (Å²) in [6.45, 7) is 5.54. The molecule has 20 heavy (non-hydrogen) atoms. The second-order valence-corrected chi connectivity index (χ2v) is 6.80. The number of nitrogens with one attached hydrogen (secondary N) is 1. The number of aryl methyl sites for hydroxylation is 1. The summed E-state index contributed by atoms with van der Waals surface area (Å²) in [7, 11) is 0. The van der Waals surface area contributed by atoms with E-state index in [0.717, 1.165) is 13.0 Å². The minimum Gasteiger partial charge on any atom is -0.339 e. The van der Waals surface area contributed by atoms with Crippen molar-refractivity contribution in [2.24, 2.45) is 11.3 Å². The third-order valence-corrected chi connectivity index (χ3v) is 4.96. The molecule has 2 aliphatic rings. The zero-order chi connectivity index (χ0) is 14.2. The van der Waals surface area contributed by atoms with Gasteiger partial charge in [-0.25, -0.2) is 0 Å². The van der Waals surface area contributed by atoms with Crippen LogP contribution < -0.4 is 0 Å². The smallest absolute Gasteiger partial charge is 0.222 e. The van der Waals surface area contributed by atoms with Crippen molar-refractivity contribution in [3.05, 3.63) is 5.82 Å². The maximum Gasteiger partial charge on any atom is 0.222 e. The lowest BCUT2D eigenvalue weighted by Crippen LogP contribution is -2.36. The summed E-state index contributed by atoms with van der Waals surface area (Å²) in [6.07, 6.45) is 5.84. The number of H-pyrrole nitrogens is 1. The number of hydrogen-bond donors (Lipinski definition) is 1. The van der Waals surface area contributed by atoms with Crippen LogP contribution in [-0.2, 0) is 11.2 Å². The molecule has 0 bridgehead atoms. The first-order valence-electron chi connectivity index (χ1n) is 7.60. The number of aromatic nitrogens is 4. The quantitative estimate of drug-likeness (QED) is 0.906. The normalized spacial score (nSPS) is 27.8. The largest absolute Gasteiger partial charge is 0.339 e. The summed E-state index contributed by atoms with van der Waals surface area (Å²) in [6, 6.07) is 0.489. The summed E-state index contributed by atoms with van der Waals surface area (Å²) in [4.78, 5) is 14.6. The molecule has 1 saturated carbocycles. The number of carbonyl (C=O) groups excluding carboxylic acids is 1. The highest BCUT2D eigenvalue weighted by Gasteiger charge is 2.50. The molecule has 1 aromatic rings. The number of carbonyl (C=O) groups is 1. The van der Waals surface area contributed by atoms with Crippen LogP contribution in [0.3, 0.4) is 0 Å². The van der Waals surface area contributed by atoms with Crippen LogP contribution in [0.25, 0.3) is 0 Å². The molecule has 0 radical (unpaired) electrons. The Hall–Kier alpha value is -1.46. The number of rotatable bonds is 4. The van der Waals surface area contributed by atoms with Crippen molar-refractivity contribution in [2.75, 3.05) is 6.54 Å². The van der Waals surface area contributed by atoms with Gasteiger partial charge in [0.2, 0.25) is 5.91 Å². The van der Waals surface area contributed by atoms with Crippen molar-refractivity contribution in [1.29, 1.82) is 0 Å². The Bertz CT molecular complexity index is 470. The number of amides is 1. The van der Waals surface area contributed by atoms with Gasteiger partial charge in [-0.05, 0) is 30.6 Å². The van der Waals surface area contributed by atoms with E-state index in [2.05, 4.69) is 39.4 Å². The van der Waals surface area contributed by atoms with Crippen LogP contribution in [-0.4, -0.2) is 44.0 Å². The predicted molar refractivity (Wildman–Crippen MR) is 73.7 cm³/mol. The Kier molecular flexibility index (Phi) is 3.48. The Balaban J connectivity index is 1.55. The van der Waals surface area contributed by atoms with Crippen LogP contribution in [0, 0.1) is 11.3 Å². The molecule has 0 unspecified atom stereocenters. The van der Waals surface area contributed by atoms with Gasteiger partial charge in [0.25, 0.3) is 0 Å². The first-order valence-corrected chi connectivity index (χ1v) is 7.60. The fourth-order valence-electron chi connectivity index (χ4n) is 4.00. The van der Waals surface area contributed by atoms with Gasteiger partial charge in [0.15, 0.2) is 5.82 Å². The van der Waals surface area contributed by atoms with E-state index in [4.69, 9.17) is 0 Å². The number of likely N-dealkylation sites (tertiary alicyclic amines) is 1. The molecule has 0 aromatic carbocycles. The molecule has 6 nitrogen and oxygen atoms in total. The number of aromatic amines is 1. The summed E-state index contributed by atoms with van der Waals surface area (Å²) in [5, 5.41) is 13.8. The zero-order valence-corrected chi connectivity index (χ0v) is 12.3. The molecule has 2 heterocycles. The second-order valence-electron chi connectivity index (χ2n) is 6.80. The lowest BCUT2D eigenvalue weighted by molar-refractivity contribution is -0.132. The molecule has 1 aromatic heterocycles. The van der Waals surface area contributed by atoms with Crippen LogP contribution in [0.2, 0.25) is 0 Å². The van der Waals surface area contributed by atoms with Gasteiger partial charge in [-0.15, -0.1) is 10.2 Å². The van der Waals surface area contributed by atoms with E-state index in [1.54, 1.807) is 0 Å². The van der Waals surface area contributed by atoms with E-state index >= 15 is 0 Å². The van der Waals surface area contributed by atoms with Crippen molar-refractivity contribution >= 4 is 5.91 Å². The van der Waals surface area contributed by atoms with E-state index in [1.807, 2.05) is 0 Å².